The molecular formula is C13H10ClNO3S. The van der Waals surface area contributed by atoms with Crippen molar-refractivity contribution in [2.75, 3.05) is 5.32 Å². The lowest BCUT2D eigenvalue weighted by atomic mass is 10.1. The van der Waals surface area contributed by atoms with Gasteiger partial charge in [-0.1, -0.05) is 23.7 Å². The van der Waals surface area contributed by atoms with Gasteiger partial charge in [0, 0.05) is 0 Å². The third kappa shape index (κ3) is 2.94. The quantitative estimate of drug-likeness (QED) is 0.908. The minimum absolute atomic E-state index is 0.0657. The maximum absolute atomic E-state index is 12.0. The highest BCUT2D eigenvalue weighted by molar-refractivity contribution is 7.18. The van der Waals surface area contributed by atoms with E-state index in [9.17, 15) is 9.59 Å². The van der Waals surface area contributed by atoms with Crippen LogP contribution in [0.1, 0.15) is 25.6 Å². The van der Waals surface area contributed by atoms with Crippen LogP contribution < -0.4 is 5.32 Å². The van der Waals surface area contributed by atoms with Crippen molar-refractivity contribution in [1.82, 2.24) is 0 Å². The van der Waals surface area contributed by atoms with E-state index in [1.807, 2.05) is 0 Å². The number of aromatic carboxylic acids is 1. The van der Waals surface area contributed by atoms with Crippen molar-refractivity contribution < 1.29 is 14.7 Å². The van der Waals surface area contributed by atoms with E-state index >= 15 is 0 Å². The van der Waals surface area contributed by atoms with Gasteiger partial charge < -0.3 is 10.4 Å². The average Bonchev–Trinajstić information content (AvgIpc) is 2.78. The largest absolute Gasteiger partial charge is 0.478 e. The Hall–Kier alpha value is -1.85. The number of nitrogens with one attached hydrogen (secondary N) is 1. The monoisotopic (exact) mass is 295 g/mol. The highest BCUT2D eigenvalue weighted by Gasteiger charge is 2.16. The molecule has 0 aliphatic rings. The Morgan fingerprint density at radius 2 is 2.00 bits per heavy atom. The molecule has 19 heavy (non-hydrogen) atoms. The lowest BCUT2D eigenvalue weighted by molar-refractivity contribution is 0.0698. The summed E-state index contributed by atoms with van der Waals surface area (Å²) in [7, 11) is 0. The molecule has 1 amide bonds. The number of anilines is 1. The summed E-state index contributed by atoms with van der Waals surface area (Å²) in [6.45, 7) is 1.74. The molecule has 0 fully saturated rings. The molecule has 0 radical (unpaired) electrons. The highest BCUT2D eigenvalue weighted by Crippen LogP contribution is 2.25. The number of rotatable bonds is 3. The van der Waals surface area contributed by atoms with Crippen molar-refractivity contribution >= 4 is 40.5 Å². The second-order valence-corrected chi connectivity index (χ2v) is 5.58. The van der Waals surface area contributed by atoms with Crippen molar-refractivity contribution in [1.29, 1.82) is 0 Å². The third-order valence-corrected chi connectivity index (χ3v) is 3.77. The summed E-state index contributed by atoms with van der Waals surface area (Å²) < 4.78 is 0.508. The van der Waals surface area contributed by atoms with Crippen LogP contribution in [0.2, 0.25) is 4.34 Å². The number of amides is 1. The van der Waals surface area contributed by atoms with Crippen LogP contribution in [0.5, 0.6) is 0 Å². The van der Waals surface area contributed by atoms with Crippen molar-refractivity contribution in [3.63, 3.8) is 0 Å². The molecule has 0 aliphatic carbocycles. The predicted molar refractivity (Wildman–Crippen MR) is 75.4 cm³/mol. The number of thiophene rings is 1. The summed E-state index contributed by atoms with van der Waals surface area (Å²) in [5.41, 5.74) is 1.07. The first-order chi connectivity index (χ1) is 8.99. The van der Waals surface area contributed by atoms with E-state index in [1.165, 1.54) is 6.07 Å². The Bertz CT molecular complexity index is 651. The minimum atomic E-state index is -1.08. The summed E-state index contributed by atoms with van der Waals surface area (Å²) in [5, 5.41) is 11.7. The predicted octanol–water partition coefficient (Wildman–Crippen LogP) is 3.66. The molecule has 0 saturated heterocycles. The Balaban J connectivity index is 2.33. The van der Waals surface area contributed by atoms with E-state index in [4.69, 9.17) is 16.7 Å². The fourth-order valence-corrected chi connectivity index (χ4v) is 2.56. The molecule has 0 bridgehead atoms. The van der Waals surface area contributed by atoms with Gasteiger partial charge in [-0.25, -0.2) is 4.79 Å². The Morgan fingerprint density at radius 1 is 1.26 bits per heavy atom. The van der Waals surface area contributed by atoms with E-state index in [1.54, 1.807) is 31.2 Å². The molecular weight excluding hydrogens is 286 g/mol. The summed E-state index contributed by atoms with van der Waals surface area (Å²) in [6, 6.07) is 8.05. The van der Waals surface area contributed by atoms with E-state index in [-0.39, 0.29) is 11.5 Å². The van der Waals surface area contributed by atoms with Crippen molar-refractivity contribution in [2.45, 2.75) is 6.92 Å². The lowest BCUT2D eigenvalue weighted by Crippen LogP contribution is -2.14. The molecule has 98 valence electrons. The number of aryl methyl sites for hydroxylation is 1. The van der Waals surface area contributed by atoms with Gasteiger partial charge in [-0.3, -0.25) is 4.79 Å². The summed E-state index contributed by atoms with van der Waals surface area (Å²) in [5.74, 6) is -1.45. The van der Waals surface area contributed by atoms with Crippen LogP contribution in [-0.4, -0.2) is 17.0 Å². The van der Waals surface area contributed by atoms with E-state index in [0.29, 0.717) is 20.5 Å². The van der Waals surface area contributed by atoms with Gasteiger partial charge in [-0.15, -0.1) is 11.3 Å². The van der Waals surface area contributed by atoms with Gasteiger partial charge in [0.05, 0.1) is 20.5 Å². The van der Waals surface area contributed by atoms with Gasteiger partial charge in [-0.2, -0.15) is 0 Å². The zero-order valence-electron chi connectivity index (χ0n) is 9.94. The zero-order valence-corrected chi connectivity index (χ0v) is 11.5. The zero-order chi connectivity index (χ0) is 14.0. The SMILES string of the molecule is Cc1cccc(C(=O)O)c1NC(=O)c1ccc(Cl)s1. The van der Waals surface area contributed by atoms with Gasteiger partial charge in [0.15, 0.2) is 0 Å². The van der Waals surface area contributed by atoms with Crippen LogP contribution in [0.25, 0.3) is 0 Å². The number of hydrogen-bond donors (Lipinski definition) is 2. The molecule has 1 aromatic heterocycles. The first kappa shape index (κ1) is 13.6. The van der Waals surface area contributed by atoms with Crippen LogP contribution >= 0.6 is 22.9 Å². The second kappa shape index (κ2) is 5.42. The molecule has 0 aliphatic heterocycles. The van der Waals surface area contributed by atoms with Crippen LogP contribution in [0.15, 0.2) is 30.3 Å². The number of benzene rings is 1. The van der Waals surface area contributed by atoms with Crippen LogP contribution in [0.4, 0.5) is 5.69 Å². The van der Waals surface area contributed by atoms with Crippen molar-refractivity contribution in [3.8, 4) is 0 Å². The van der Waals surface area contributed by atoms with E-state index < -0.39 is 5.97 Å². The Kier molecular flexibility index (Phi) is 3.87. The number of para-hydroxylation sites is 1. The molecule has 2 rings (SSSR count). The lowest BCUT2D eigenvalue weighted by Gasteiger charge is -2.10. The Morgan fingerprint density at radius 3 is 2.58 bits per heavy atom. The van der Waals surface area contributed by atoms with Gasteiger partial charge in [-0.05, 0) is 30.7 Å². The number of carboxylic acids is 1. The number of carbonyl (C=O) groups excluding carboxylic acids is 1. The summed E-state index contributed by atoms with van der Waals surface area (Å²) in [4.78, 5) is 23.6. The highest BCUT2D eigenvalue weighted by atomic mass is 35.5. The molecule has 0 atom stereocenters. The van der Waals surface area contributed by atoms with Gasteiger partial charge in [0.2, 0.25) is 0 Å². The van der Waals surface area contributed by atoms with Crippen LogP contribution in [0.3, 0.4) is 0 Å². The van der Waals surface area contributed by atoms with Crippen molar-refractivity contribution in [3.05, 3.63) is 50.7 Å². The number of halogens is 1. The van der Waals surface area contributed by atoms with Gasteiger partial charge in [0.1, 0.15) is 0 Å². The normalized spacial score (nSPS) is 10.2. The molecule has 0 unspecified atom stereocenters. The smallest absolute Gasteiger partial charge is 0.337 e. The molecule has 1 aromatic carbocycles. The standard InChI is InChI=1S/C13H10ClNO3S/c1-7-3-2-4-8(13(17)18)11(7)15-12(16)9-5-6-10(14)19-9/h2-6H,1H3,(H,15,16)(H,17,18). The molecule has 1 heterocycles. The van der Waals surface area contributed by atoms with Crippen molar-refractivity contribution in [2.24, 2.45) is 0 Å². The molecule has 6 heteroatoms. The molecule has 2 N–H and O–H groups in total. The minimum Gasteiger partial charge on any atom is -0.478 e. The molecule has 0 saturated carbocycles. The van der Waals surface area contributed by atoms with Crippen LogP contribution in [-0.2, 0) is 0 Å². The first-order valence-electron chi connectivity index (χ1n) is 5.38. The van der Waals surface area contributed by atoms with Gasteiger partial charge in [0.25, 0.3) is 5.91 Å². The second-order valence-electron chi connectivity index (χ2n) is 3.86. The fraction of sp³-hybridized carbons (Fsp3) is 0.0769. The molecule has 0 spiro atoms. The molecule has 2 aromatic rings. The topological polar surface area (TPSA) is 66.4 Å². The van der Waals surface area contributed by atoms with Crippen LogP contribution in [0, 0.1) is 6.92 Å². The van der Waals surface area contributed by atoms with E-state index in [0.717, 1.165) is 11.3 Å². The summed E-state index contributed by atoms with van der Waals surface area (Å²) >= 11 is 6.91. The Labute approximate surface area is 118 Å². The fourth-order valence-electron chi connectivity index (χ4n) is 1.62. The number of carboxylic acid groups (broad SMARTS) is 1. The van der Waals surface area contributed by atoms with E-state index in [2.05, 4.69) is 5.32 Å². The first-order valence-corrected chi connectivity index (χ1v) is 6.58. The summed E-state index contributed by atoms with van der Waals surface area (Å²) in [6.07, 6.45) is 0. The maximum atomic E-state index is 12.0. The third-order valence-electron chi connectivity index (χ3n) is 2.54. The molecule has 4 nitrogen and oxygen atoms in total. The number of carbonyl (C=O) groups is 2. The van der Waals surface area contributed by atoms with Gasteiger partial charge >= 0.3 is 5.97 Å². The average molecular weight is 296 g/mol. The maximum Gasteiger partial charge on any atom is 0.337 e. The number of hydrogen-bond acceptors (Lipinski definition) is 3.